The molecule has 1 aromatic carbocycles. The van der Waals surface area contributed by atoms with Crippen LogP contribution in [0.15, 0.2) is 30.3 Å². The summed E-state index contributed by atoms with van der Waals surface area (Å²) in [5.41, 5.74) is 3.34. The van der Waals surface area contributed by atoms with Crippen LogP contribution in [0.4, 0.5) is 0 Å². The molecule has 0 heterocycles. The summed E-state index contributed by atoms with van der Waals surface area (Å²) in [4.78, 5) is 11.9. The van der Waals surface area contributed by atoms with E-state index in [1.165, 1.54) is 31.4 Å². The van der Waals surface area contributed by atoms with Gasteiger partial charge in [-0.3, -0.25) is 10.2 Å². The van der Waals surface area contributed by atoms with Gasteiger partial charge in [0, 0.05) is 5.75 Å². The van der Waals surface area contributed by atoms with Gasteiger partial charge < -0.3 is 0 Å². The maximum Gasteiger partial charge on any atom is 0.242 e. The molecule has 1 saturated carbocycles. The van der Waals surface area contributed by atoms with E-state index in [2.05, 4.69) is 5.43 Å². The van der Waals surface area contributed by atoms with Crippen molar-refractivity contribution in [2.75, 3.05) is 11.5 Å². The molecular weight excluding hydrogens is 256 g/mol. The summed E-state index contributed by atoms with van der Waals surface area (Å²) in [5, 5.41) is 0. The molecule has 4 heteroatoms. The number of carbonyl (C=O) groups is 1. The van der Waals surface area contributed by atoms with E-state index in [9.17, 15) is 4.79 Å². The van der Waals surface area contributed by atoms with E-state index in [1.54, 1.807) is 0 Å². The molecule has 1 aliphatic carbocycles. The monoisotopic (exact) mass is 278 g/mol. The number of hydrogen-bond acceptors (Lipinski definition) is 3. The number of hydrazine groups is 1. The minimum absolute atomic E-state index is 0.0925. The first-order chi connectivity index (χ1) is 9.31. The Labute approximate surface area is 119 Å². The van der Waals surface area contributed by atoms with Crippen LogP contribution in [-0.2, 0) is 4.79 Å². The molecule has 0 radical (unpaired) electrons. The number of thioether (sulfide) groups is 1. The maximum atomic E-state index is 11.9. The molecule has 1 aliphatic rings. The van der Waals surface area contributed by atoms with Crippen LogP contribution in [0.3, 0.4) is 0 Å². The minimum atomic E-state index is -0.141. The molecule has 3 nitrogen and oxygen atoms in total. The van der Waals surface area contributed by atoms with Gasteiger partial charge in [0.15, 0.2) is 0 Å². The average molecular weight is 278 g/mol. The number of amides is 1. The zero-order valence-corrected chi connectivity index (χ0v) is 12.0. The third-order valence-corrected chi connectivity index (χ3v) is 5.05. The summed E-state index contributed by atoms with van der Waals surface area (Å²) in [7, 11) is 0. The van der Waals surface area contributed by atoms with Gasteiger partial charge in [-0.2, -0.15) is 11.8 Å². The van der Waals surface area contributed by atoms with Crippen molar-refractivity contribution in [3.63, 3.8) is 0 Å². The van der Waals surface area contributed by atoms with Crippen molar-refractivity contribution in [3.05, 3.63) is 35.9 Å². The molecule has 0 aromatic heterocycles. The smallest absolute Gasteiger partial charge is 0.242 e. The summed E-state index contributed by atoms with van der Waals surface area (Å²) in [5.74, 6) is 7.89. The maximum absolute atomic E-state index is 11.9. The van der Waals surface area contributed by atoms with Crippen LogP contribution in [0, 0.1) is 5.92 Å². The molecule has 1 fully saturated rings. The van der Waals surface area contributed by atoms with E-state index in [1.807, 2.05) is 42.1 Å². The van der Waals surface area contributed by atoms with Crippen molar-refractivity contribution in [2.45, 2.75) is 31.6 Å². The molecule has 0 spiro atoms. The van der Waals surface area contributed by atoms with Gasteiger partial charge in [-0.1, -0.05) is 43.2 Å². The van der Waals surface area contributed by atoms with Crippen molar-refractivity contribution in [3.8, 4) is 0 Å². The average Bonchev–Trinajstić information content (AvgIpc) is 2.97. The number of nitrogens with one attached hydrogen (secondary N) is 1. The second kappa shape index (κ2) is 7.56. The third kappa shape index (κ3) is 4.25. The zero-order chi connectivity index (χ0) is 13.5. The van der Waals surface area contributed by atoms with Crippen LogP contribution in [0.1, 0.15) is 37.2 Å². The lowest BCUT2D eigenvalue weighted by atomic mass is 10.0. The Hall–Kier alpha value is -1.00. The standard InChI is InChI=1S/C15H22N2OS/c16-17-15(18)14(13-8-2-1-3-9-13)11-19-10-12-6-4-5-7-12/h1-3,8-9,12,14H,4-7,10-11,16H2,(H,17,18). The number of hydrogen-bond donors (Lipinski definition) is 2. The van der Waals surface area contributed by atoms with Crippen LogP contribution >= 0.6 is 11.8 Å². The Morgan fingerprint density at radius 3 is 2.63 bits per heavy atom. The second-order valence-corrected chi connectivity index (χ2v) is 6.23. The van der Waals surface area contributed by atoms with Crippen molar-refractivity contribution >= 4 is 17.7 Å². The number of benzene rings is 1. The van der Waals surface area contributed by atoms with E-state index in [0.29, 0.717) is 0 Å². The van der Waals surface area contributed by atoms with Crippen LogP contribution in [0.5, 0.6) is 0 Å². The molecule has 1 amide bonds. The molecule has 0 saturated heterocycles. The summed E-state index contributed by atoms with van der Waals surface area (Å²) in [6, 6.07) is 9.89. The van der Waals surface area contributed by atoms with Crippen LogP contribution < -0.4 is 11.3 Å². The normalized spacial score (nSPS) is 17.3. The summed E-state index contributed by atoms with van der Waals surface area (Å²) < 4.78 is 0. The van der Waals surface area contributed by atoms with Gasteiger partial charge in [-0.25, -0.2) is 5.84 Å². The van der Waals surface area contributed by atoms with E-state index in [0.717, 1.165) is 17.2 Å². The summed E-state index contributed by atoms with van der Waals surface area (Å²) in [6.45, 7) is 0. The highest BCUT2D eigenvalue weighted by Gasteiger charge is 2.21. The Kier molecular flexibility index (Phi) is 5.73. The number of carbonyl (C=O) groups excluding carboxylic acids is 1. The van der Waals surface area contributed by atoms with Gasteiger partial charge in [-0.15, -0.1) is 0 Å². The first-order valence-electron chi connectivity index (χ1n) is 6.94. The van der Waals surface area contributed by atoms with Gasteiger partial charge in [0.05, 0.1) is 5.92 Å². The minimum Gasteiger partial charge on any atom is -0.294 e. The topological polar surface area (TPSA) is 55.1 Å². The van der Waals surface area contributed by atoms with Crippen molar-refractivity contribution in [2.24, 2.45) is 11.8 Å². The van der Waals surface area contributed by atoms with Crippen LogP contribution in [-0.4, -0.2) is 17.4 Å². The summed E-state index contributed by atoms with van der Waals surface area (Å²) >= 11 is 1.88. The highest BCUT2D eigenvalue weighted by Crippen LogP contribution is 2.30. The molecule has 19 heavy (non-hydrogen) atoms. The highest BCUT2D eigenvalue weighted by molar-refractivity contribution is 7.99. The Bertz CT molecular complexity index is 390. The fourth-order valence-corrected chi connectivity index (χ4v) is 4.02. The Morgan fingerprint density at radius 2 is 2.00 bits per heavy atom. The largest absolute Gasteiger partial charge is 0.294 e. The lowest BCUT2D eigenvalue weighted by Crippen LogP contribution is -2.35. The van der Waals surface area contributed by atoms with Gasteiger partial charge >= 0.3 is 0 Å². The van der Waals surface area contributed by atoms with Crippen LogP contribution in [0.2, 0.25) is 0 Å². The van der Waals surface area contributed by atoms with E-state index in [4.69, 9.17) is 5.84 Å². The van der Waals surface area contributed by atoms with Crippen molar-refractivity contribution in [1.82, 2.24) is 5.43 Å². The lowest BCUT2D eigenvalue weighted by molar-refractivity contribution is -0.122. The molecule has 2 rings (SSSR count). The first-order valence-corrected chi connectivity index (χ1v) is 8.10. The van der Waals surface area contributed by atoms with Gasteiger partial charge in [0.1, 0.15) is 0 Å². The first kappa shape index (κ1) is 14.4. The molecule has 0 bridgehead atoms. The van der Waals surface area contributed by atoms with Crippen molar-refractivity contribution in [1.29, 1.82) is 0 Å². The van der Waals surface area contributed by atoms with E-state index in [-0.39, 0.29) is 11.8 Å². The Morgan fingerprint density at radius 1 is 1.32 bits per heavy atom. The SMILES string of the molecule is NNC(=O)C(CSCC1CCCC1)c1ccccc1. The lowest BCUT2D eigenvalue weighted by Gasteiger charge is -2.16. The highest BCUT2D eigenvalue weighted by atomic mass is 32.2. The molecular formula is C15H22N2OS. The molecule has 3 N–H and O–H groups in total. The predicted octanol–water partition coefficient (Wildman–Crippen LogP) is 2.68. The molecule has 1 unspecified atom stereocenters. The second-order valence-electron chi connectivity index (χ2n) is 5.16. The summed E-state index contributed by atoms with van der Waals surface area (Å²) in [6.07, 6.45) is 5.45. The van der Waals surface area contributed by atoms with Gasteiger partial charge in [0.25, 0.3) is 0 Å². The van der Waals surface area contributed by atoms with Crippen molar-refractivity contribution < 1.29 is 4.79 Å². The molecule has 1 atom stereocenters. The number of rotatable bonds is 6. The van der Waals surface area contributed by atoms with Gasteiger partial charge in [-0.05, 0) is 30.1 Å². The molecule has 0 aliphatic heterocycles. The number of nitrogens with two attached hydrogens (primary N) is 1. The van der Waals surface area contributed by atoms with E-state index >= 15 is 0 Å². The van der Waals surface area contributed by atoms with Crippen LogP contribution in [0.25, 0.3) is 0 Å². The zero-order valence-electron chi connectivity index (χ0n) is 11.2. The predicted molar refractivity (Wildman–Crippen MR) is 80.8 cm³/mol. The molecule has 104 valence electrons. The van der Waals surface area contributed by atoms with E-state index < -0.39 is 0 Å². The Balaban J connectivity index is 1.89. The molecule has 1 aromatic rings. The van der Waals surface area contributed by atoms with Gasteiger partial charge in [0.2, 0.25) is 5.91 Å². The fourth-order valence-electron chi connectivity index (χ4n) is 2.64. The third-order valence-electron chi connectivity index (χ3n) is 3.77. The fraction of sp³-hybridized carbons (Fsp3) is 0.533. The quantitative estimate of drug-likeness (QED) is 0.478.